The molecule has 2 heterocycles. The molecule has 0 radical (unpaired) electrons. The fourth-order valence-corrected chi connectivity index (χ4v) is 6.85. The van der Waals surface area contributed by atoms with E-state index in [1.807, 2.05) is 6.92 Å². The summed E-state index contributed by atoms with van der Waals surface area (Å²) in [5.74, 6) is -0.568. The first kappa shape index (κ1) is 30.4. The van der Waals surface area contributed by atoms with Crippen LogP contribution in [0.25, 0.3) is 0 Å². The summed E-state index contributed by atoms with van der Waals surface area (Å²) >= 11 is 1.13. The number of carbonyl (C=O) groups is 2. The molecule has 0 aliphatic carbocycles. The van der Waals surface area contributed by atoms with E-state index in [0.717, 1.165) is 11.3 Å². The standard InChI is InChI=1S/C28H33FN4O6S2/c1-18-15-33(19(2)17-34)26(35)14-20-13-23(31-28(36)30-22-8-6-21(29)7-9-22)10-11-24(20)39-25(18)16-32(3)41(37,38)27-5-4-12-40-27/h4-13,18-19,25,34H,14-17H2,1-3H3,(H2,30,31,36)/t18-,19-,25-/m1/s1. The van der Waals surface area contributed by atoms with Crippen LogP contribution in [0.3, 0.4) is 0 Å². The van der Waals surface area contributed by atoms with Crippen molar-refractivity contribution in [3.63, 3.8) is 0 Å². The van der Waals surface area contributed by atoms with Crippen LogP contribution in [0.2, 0.25) is 0 Å². The number of thiophene rings is 1. The molecular formula is C28H33FN4O6S2. The van der Waals surface area contributed by atoms with Crippen LogP contribution in [0, 0.1) is 11.7 Å². The number of anilines is 2. The SMILES string of the molecule is C[C@@H]1CN([C@H](C)CO)C(=O)Cc2cc(NC(=O)Nc3ccc(F)cc3)ccc2O[C@@H]1CN(C)S(=O)(=O)c1cccs1. The lowest BCUT2D eigenvalue weighted by Gasteiger charge is -2.33. The second kappa shape index (κ2) is 13.0. The third-order valence-electron chi connectivity index (χ3n) is 6.87. The van der Waals surface area contributed by atoms with Crippen molar-refractivity contribution in [2.75, 3.05) is 37.4 Å². The second-order valence-corrected chi connectivity index (χ2v) is 13.2. The number of nitrogens with one attached hydrogen (secondary N) is 2. The van der Waals surface area contributed by atoms with E-state index >= 15 is 0 Å². The molecule has 13 heteroatoms. The minimum atomic E-state index is -3.74. The van der Waals surface area contributed by atoms with Gasteiger partial charge in [-0.3, -0.25) is 4.79 Å². The molecule has 3 N–H and O–H groups in total. The van der Waals surface area contributed by atoms with Crippen molar-refractivity contribution in [2.45, 2.75) is 36.6 Å². The number of urea groups is 1. The van der Waals surface area contributed by atoms with Crippen molar-refractivity contribution in [1.82, 2.24) is 9.21 Å². The van der Waals surface area contributed by atoms with E-state index in [-0.39, 0.29) is 42.2 Å². The van der Waals surface area contributed by atoms with Crippen molar-refractivity contribution in [3.8, 4) is 5.75 Å². The molecular weight excluding hydrogens is 571 g/mol. The Morgan fingerprint density at radius 3 is 2.54 bits per heavy atom. The predicted octanol–water partition coefficient (Wildman–Crippen LogP) is 4.00. The van der Waals surface area contributed by atoms with Gasteiger partial charge in [0, 0.05) is 36.4 Å². The van der Waals surface area contributed by atoms with Crippen molar-refractivity contribution in [1.29, 1.82) is 0 Å². The number of halogens is 1. The van der Waals surface area contributed by atoms with Crippen LogP contribution in [-0.4, -0.2) is 73.6 Å². The molecule has 2 aromatic carbocycles. The van der Waals surface area contributed by atoms with Gasteiger partial charge in [0.15, 0.2) is 0 Å². The van der Waals surface area contributed by atoms with Gasteiger partial charge in [-0.25, -0.2) is 17.6 Å². The molecule has 0 spiro atoms. The van der Waals surface area contributed by atoms with E-state index in [1.165, 1.54) is 35.6 Å². The maximum Gasteiger partial charge on any atom is 0.323 e. The number of likely N-dealkylation sites (N-methyl/N-ethyl adjacent to an activating group) is 1. The summed E-state index contributed by atoms with van der Waals surface area (Å²) in [6.07, 6.45) is -0.689. The number of hydrogen-bond acceptors (Lipinski definition) is 7. The summed E-state index contributed by atoms with van der Waals surface area (Å²) in [6.45, 7) is 3.65. The van der Waals surface area contributed by atoms with Crippen LogP contribution in [0.15, 0.2) is 64.2 Å². The van der Waals surface area contributed by atoms with Crippen LogP contribution in [-0.2, 0) is 21.2 Å². The van der Waals surface area contributed by atoms with Gasteiger partial charge >= 0.3 is 6.03 Å². The van der Waals surface area contributed by atoms with Crippen LogP contribution < -0.4 is 15.4 Å². The molecule has 220 valence electrons. The first-order chi connectivity index (χ1) is 19.5. The normalized spacial score (nSPS) is 18.5. The number of carbonyl (C=O) groups excluding carboxylic acids is 2. The summed E-state index contributed by atoms with van der Waals surface area (Å²) < 4.78 is 47.3. The molecule has 0 saturated carbocycles. The Morgan fingerprint density at radius 1 is 1.20 bits per heavy atom. The molecule has 41 heavy (non-hydrogen) atoms. The summed E-state index contributed by atoms with van der Waals surface area (Å²) in [4.78, 5) is 27.5. The van der Waals surface area contributed by atoms with E-state index in [2.05, 4.69) is 10.6 Å². The first-order valence-corrected chi connectivity index (χ1v) is 15.3. The van der Waals surface area contributed by atoms with Crippen LogP contribution in [0.4, 0.5) is 20.6 Å². The molecule has 10 nitrogen and oxygen atoms in total. The molecule has 0 bridgehead atoms. The smallest absolute Gasteiger partial charge is 0.323 e. The quantitative estimate of drug-likeness (QED) is 0.357. The zero-order valence-corrected chi connectivity index (χ0v) is 24.5. The number of aliphatic hydroxyl groups is 1. The summed E-state index contributed by atoms with van der Waals surface area (Å²) in [6, 6.07) is 12.4. The molecule has 1 aromatic heterocycles. The highest BCUT2D eigenvalue weighted by atomic mass is 32.2. The fraction of sp³-hybridized carbons (Fsp3) is 0.357. The van der Waals surface area contributed by atoms with Gasteiger partial charge in [0.05, 0.1) is 25.6 Å². The fourth-order valence-electron chi connectivity index (χ4n) is 4.47. The highest BCUT2D eigenvalue weighted by Crippen LogP contribution is 2.30. The Balaban J connectivity index is 1.60. The second-order valence-electron chi connectivity index (χ2n) is 10.0. The monoisotopic (exact) mass is 604 g/mol. The van der Waals surface area contributed by atoms with Crippen LogP contribution in [0.5, 0.6) is 5.75 Å². The zero-order chi connectivity index (χ0) is 29.7. The van der Waals surface area contributed by atoms with E-state index in [0.29, 0.717) is 22.7 Å². The van der Waals surface area contributed by atoms with Crippen molar-refractivity contribution in [2.24, 2.45) is 5.92 Å². The molecule has 0 fully saturated rings. The Bertz CT molecular complexity index is 1470. The summed E-state index contributed by atoms with van der Waals surface area (Å²) in [7, 11) is -2.25. The van der Waals surface area contributed by atoms with Crippen molar-refractivity contribution in [3.05, 3.63) is 71.4 Å². The first-order valence-electron chi connectivity index (χ1n) is 13.0. The maximum absolute atomic E-state index is 13.4. The molecule has 3 atom stereocenters. The number of aliphatic hydroxyl groups excluding tert-OH is 1. The molecule has 3 amide bonds. The van der Waals surface area contributed by atoms with Gasteiger partial charge in [0.1, 0.15) is 21.9 Å². The van der Waals surface area contributed by atoms with Gasteiger partial charge in [-0.15, -0.1) is 11.3 Å². The number of sulfonamides is 1. The van der Waals surface area contributed by atoms with Crippen molar-refractivity contribution < 1.29 is 32.2 Å². The van der Waals surface area contributed by atoms with E-state index in [9.17, 15) is 27.5 Å². The van der Waals surface area contributed by atoms with Gasteiger partial charge in [-0.2, -0.15) is 4.31 Å². The molecule has 1 aliphatic heterocycles. The number of rotatable bonds is 8. The Kier molecular flexibility index (Phi) is 9.64. The highest BCUT2D eigenvalue weighted by Gasteiger charge is 2.33. The van der Waals surface area contributed by atoms with Gasteiger partial charge in [-0.05, 0) is 60.8 Å². The highest BCUT2D eigenvalue weighted by molar-refractivity contribution is 7.91. The largest absolute Gasteiger partial charge is 0.488 e. The predicted molar refractivity (Wildman–Crippen MR) is 155 cm³/mol. The summed E-state index contributed by atoms with van der Waals surface area (Å²) in [5.41, 5.74) is 1.28. The number of benzene rings is 2. The third-order valence-corrected chi connectivity index (χ3v) is 10.1. The van der Waals surface area contributed by atoms with E-state index in [1.54, 1.807) is 47.5 Å². The molecule has 0 saturated heterocycles. The molecule has 0 unspecified atom stereocenters. The number of ether oxygens (including phenoxy) is 1. The lowest BCUT2D eigenvalue weighted by atomic mass is 10.0. The van der Waals surface area contributed by atoms with E-state index in [4.69, 9.17) is 4.74 Å². The molecule has 1 aliphatic rings. The summed E-state index contributed by atoms with van der Waals surface area (Å²) in [5, 5.41) is 16.9. The average molecular weight is 605 g/mol. The molecule has 3 aromatic rings. The van der Waals surface area contributed by atoms with E-state index < -0.39 is 34.0 Å². The Labute approximate surface area is 242 Å². The lowest BCUT2D eigenvalue weighted by Crippen LogP contribution is -2.48. The third kappa shape index (κ3) is 7.41. The molecule has 4 rings (SSSR count). The minimum absolute atomic E-state index is 0.0243. The van der Waals surface area contributed by atoms with Gasteiger partial charge in [0.25, 0.3) is 10.0 Å². The number of nitrogens with zero attached hydrogens (tertiary/aromatic N) is 2. The number of amides is 3. The number of hydrogen-bond donors (Lipinski definition) is 3. The Morgan fingerprint density at radius 2 is 1.88 bits per heavy atom. The number of fused-ring (bicyclic) bond motifs is 1. The maximum atomic E-state index is 13.4. The Hall–Kier alpha value is -3.52. The van der Waals surface area contributed by atoms with Gasteiger partial charge in [-0.1, -0.05) is 13.0 Å². The minimum Gasteiger partial charge on any atom is -0.488 e. The lowest BCUT2D eigenvalue weighted by molar-refractivity contribution is -0.134. The van der Waals surface area contributed by atoms with Gasteiger partial charge < -0.3 is 25.4 Å². The zero-order valence-electron chi connectivity index (χ0n) is 22.9. The van der Waals surface area contributed by atoms with Crippen LogP contribution in [0.1, 0.15) is 19.4 Å². The topological polar surface area (TPSA) is 128 Å². The van der Waals surface area contributed by atoms with Gasteiger partial charge in [0.2, 0.25) is 5.91 Å². The average Bonchev–Trinajstić information content (AvgIpc) is 3.49. The van der Waals surface area contributed by atoms with Crippen LogP contribution >= 0.6 is 11.3 Å². The van der Waals surface area contributed by atoms with Crippen molar-refractivity contribution >= 4 is 44.7 Å².